The van der Waals surface area contributed by atoms with Crippen LogP contribution in [0.1, 0.15) is 25.0 Å². The van der Waals surface area contributed by atoms with Gasteiger partial charge in [-0.05, 0) is 56.6 Å². The van der Waals surface area contributed by atoms with Crippen LogP contribution < -0.4 is 0 Å². The predicted molar refractivity (Wildman–Crippen MR) is 146 cm³/mol. The molecule has 0 saturated heterocycles. The van der Waals surface area contributed by atoms with Crippen LogP contribution in [0.5, 0.6) is 0 Å². The summed E-state index contributed by atoms with van der Waals surface area (Å²) in [6.07, 6.45) is 6.26. The molecule has 0 atom stereocenters. The molecule has 7 rings (SSSR count). The van der Waals surface area contributed by atoms with Crippen molar-refractivity contribution in [2.75, 3.05) is 0 Å². The average molecular weight is 481 g/mol. The van der Waals surface area contributed by atoms with Crippen molar-refractivity contribution >= 4 is 0 Å². The van der Waals surface area contributed by atoms with Gasteiger partial charge in [0.1, 0.15) is 23.9 Å². The minimum Gasteiger partial charge on any atom is -0.451 e. The van der Waals surface area contributed by atoms with E-state index in [1.165, 1.54) is 57.3 Å². The lowest BCUT2D eigenvalue weighted by atomic mass is 9.81. The second kappa shape index (κ2) is 8.17. The zero-order valence-corrected chi connectivity index (χ0v) is 20.6. The van der Waals surface area contributed by atoms with Crippen LogP contribution >= 0.6 is 0 Å². The highest BCUT2D eigenvalue weighted by atomic mass is 16.3. The third-order valence-corrected chi connectivity index (χ3v) is 7.57. The molecular weight excluding hydrogens is 456 g/mol. The first-order valence-electron chi connectivity index (χ1n) is 12.4. The van der Waals surface area contributed by atoms with Crippen molar-refractivity contribution in [3.05, 3.63) is 121 Å². The largest absolute Gasteiger partial charge is 0.451 e. The minimum absolute atomic E-state index is 0.0992. The van der Waals surface area contributed by atoms with Gasteiger partial charge in [-0.1, -0.05) is 86.6 Å². The molecule has 37 heavy (non-hydrogen) atoms. The quantitative estimate of drug-likeness (QED) is 0.253. The van der Waals surface area contributed by atoms with Crippen LogP contribution in [0.15, 0.2) is 119 Å². The molecule has 0 radical (unpaired) electrons. The van der Waals surface area contributed by atoms with Crippen LogP contribution in [0.2, 0.25) is 0 Å². The molecule has 4 heteroatoms. The Bertz CT molecular complexity index is 1580. The third kappa shape index (κ3) is 3.53. The van der Waals surface area contributed by atoms with Gasteiger partial charge in [0.25, 0.3) is 0 Å². The van der Waals surface area contributed by atoms with Crippen LogP contribution in [-0.4, -0.2) is 9.97 Å². The summed E-state index contributed by atoms with van der Waals surface area (Å²) in [6.45, 7) is 4.65. The Hall–Kier alpha value is -4.70. The van der Waals surface area contributed by atoms with Gasteiger partial charge in [-0.2, -0.15) is 0 Å². The van der Waals surface area contributed by atoms with Crippen LogP contribution in [0.3, 0.4) is 0 Å². The van der Waals surface area contributed by atoms with Gasteiger partial charge in [0.2, 0.25) is 0 Å². The summed E-state index contributed by atoms with van der Waals surface area (Å²) in [5.74, 6) is 0. The summed E-state index contributed by atoms with van der Waals surface area (Å²) < 4.78 is 10.3. The Balaban J connectivity index is 1.22. The van der Waals surface area contributed by atoms with Gasteiger partial charge < -0.3 is 8.83 Å². The maximum Gasteiger partial charge on any atom is 0.181 e. The molecule has 0 saturated carbocycles. The molecule has 0 fully saturated rings. The van der Waals surface area contributed by atoms with E-state index in [-0.39, 0.29) is 5.41 Å². The van der Waals surface area contributed by atoms with E-state index in [9.17, 15) is 0 Å². The normalized spacial score (nSPS) is 13.4. The predicted octanol–water partition coefficient (Wildman–Crippen LogP) is 8.64. The molecule has 4 nitrogen and oxygen atoms in total. The van der Waals surface area contributed by atoms with Gasteiger partial charge >= 0.3 is 0 Å². The van der Waals surface area contributed by atoms with E-state index in [4.69, 9.17) is 8.83 Å². The van der Waals surface area contributed by atoms with Crippen molar-refractivity contribution in [2.45, 2.75) is 19.3 Å². The topological polar surface area (TPSA) is 52.1 Å². The molecule has 178 valence electrons. The van der Waals surface area contributed by atoms with E-state index < -0.39 is 0 Å². The van der Waals surface area contributed by atoms with Crippen molar-refractivity contribution in [3.8, 4) is 55.9 Å². The zero-order valence-electron chi connectivity index (χ0n) is 20.6. The number of benzene rings is 4. The smallest absolute Gasteiger partial charge is 0.181 e. The highest BCUT2D eigenvalue weighted by Crippen LogP contribution is 2.50. The van der Waals surface area contributed by atoms with Gasteiger partial charge in [-0.3, -0.25) is 0 Å². The lowest BCUT2D eigenvalue weighted by Gasteiger charge is -2.22. The first-order valence-corrected chi connectivity index (χ1v) is 12.4. The fraction of sp³-hybridized carbons (Fsp3) is 0.0909. The first kappa shape index (κ1) is 21.6. The summed E-state index contributed by atoms with van der Waals surface area (Å²) >= 11 is 0. The Morgan fingerprint density at radius 2 is 0.865 bits per heavy atom. The van der Waals surface area contributed by atoms with E-state index in [0.29, 0.717) is 0 Å². The maximum absolute atomic E-state index is 5.13. The monoisotopic (exact) mass is 480 g/mol. The van der Waals surface area contributed by atoms with E-state index in [1.54, 1.807) is 12.5 Å². The third-order valence-electron chi connectivity index (χ3n) is 7.57. The van der Waals surface area contributed by atoms with Crippen LogP contribution in [0.25, 0.3) is 55.9 Å². The standard InChI is InChI=1S/C33H24N2O2/c1-33(2)29-15-25(21-3-7-23(8-4-21)31-17-36-19-34-31)11-13-27(29)28-14-12-26(16-30(28)33)22-5-9-24(10-6-22)32-18-37-20-35-32/h3-20H,1-2H3. The van der Waals surface area contributed by atoms with Gasteiger partial charge in [-0.25, -0.2) is 9.97 Å². The number of oxazole rings is 2. The molecular formula is C33H24N2O2. The molecule has 2 heterocycles. The number of rotatable bonds is 4. The van der Waals surface area contributed by atoms with Crippen LogP contribution in [-0.2, 0) is 5.41 Å². The fourth-order valence-electron chi connectivity index (χ4n) is 5.47. The maximum atomic E-state index is 5.13. The Morgan fingerprint density at radius 1 is 0.486 bits per heavy atom. The van der Waals surface area contributed by atoms with Gasteiger partial charge in [0.15, 0.2) is 12.8 Å². The van der Waals surface area contributed by atoms with Crippen molar-refractivity contribution in [3.63, 3.8) is 0 Å². The van der Waals surface area contributed by atoms with Gasteiger partial charge in [-0.15, -0.1) is 0 Å². The van der Waals surface area contributed by atoms with Crippen LogP contribution in [0, 0.1) is 0 Å². The lowest BCUT2D eigenvalue weighted by Crippen LogP contribution is -2.15. The van der Waals surface area contributed by atoms with E-state index in [1.807, 2.05) is 0 Å². The van der Waals surface area contributed by atoms with Gasteiger partial charge in [0, 0.05) is 16.5 Å². The highest BCUT2D eigenvalue weighted by molar-refractivity contribution is 5.86. The lowest BCUT2D eigenvalue weighted by molar-refractivity contribution is 0.558. The molecule has 6 aromatic rings. The van der Waals surface area contributed by atoms with Crippen molar-refractivity contribution < 1.29 is 8.83 Å². The summed E-state index contributed by atoms with van der Waals surface area (Å²) in [5, 5.41) is 0. The summed E-state index contributed by atoms with van der Waals surface area (Å²) in [4.78, 5) is 8.50. The second-order valence-electron chi connectivity index (χ2n) is 10.0. The Kier molecular flexibility index (Phi) is 4.76. The molecule has 2 aromatic heterocycles. The van der Waals surface area contributed by atoms with E-state index >= 15 is 0 Å². The van der Waals surface area contributed by atoms with Crippen LogP contribution in [0.4, 0.5) is 0 Å². The number of nitrogens with zero attached hydrogens (tertiary/aromatic N) is 2. The molecule has 0 N–H and O–H groups in total. The number of aromatic nitrogens is 2. The zero-order chi connectivity index (χ0) is 25.0. The summed E-state index contributed by atoms with van der Waals surface area (Å²) in [5.41, 5.74) is 13.9. The molecule has 0 spiro atoms. The fourth-order valence-corrected chi connectivity index (χ4v) is 5.47. The average Bonchev–Trinajstić information content (AvgIpc) is 3.71. The molecule has 4 aromatic carbocycles. The van der Waals surface area contributed by atoms with Crippen molar-refractivity contribution in [2.24, 2.45) is 0 Å². The minimum atomic E-state index is -0.0992. The first-order chi connectivity index (χ1) is 18.1. The summed E-state index contributed by atoms with van der Waals surface area (Å²) in [7, 11) is 0. The number of hydrogen-bond acceptors (Lipinski definition) is 4. The van der Waals surface area contributed by atoms with Crippen molar-refractivity contribution in [1.29, 1.82) is 0 Å². The number of hydrogen-bond donors (Lipinski definition) is 0. The molecule has 1 aliphatic carbocycles. The van der Waals surface area contributed by atoms with E-state index in [0.717, 1.165) is 22.5 Å². The number of fused-ring (bicyclic) bond motifs is 3. The molecule has 0 bridgehead atoms. The SMILES string of the molecule is CC1(C)c2cc(-c3ccc(-c4cocn4)cc3)ccc2-c2ccc(-c3ccc(-c4cocn4)cc3)cc21. The second-order valence-corrected chi connectivity index (χ2v) is 10.0. The highest BCUT2D eigenvalue weighted by Gasteiger charge is 2.35. The van der Waals surface area contributed by atoms with Gasteiger partial charge in [0.05, 0.1) is 0 Å². The summed E-state index contributed by atoms with van der Waals surface area (Å²) in [6, 6.07) is 30.7. The molecule has 1 aliphatic rings. The molecule has 0 unspecified atom stereocenters. The molecule has 0 aliphatic heterocycles. The van der Waals surface area contributed by atoms with E-state index in [2.05, 4.69) is 109 Å². The molecule has 0 amide bonds. The Morgan fingerprint density at radius 3 is 1.24 bits per heavy atom. The van der Waals surface area contributed by atoms with Crippen molar-refractivity contribution in [1.82, 2.24) is 9.97 Å². The Labute approximate surface area is 215 Å².